The predicted molar refractivity (Wildman–Crippen MR) is 90.3 cm³/mol. The van der Waals surface area contributed by atoms with Gasteiger partial charge in [-0.2, -0.15) is 0 Å². The second kappa shape index (κ2) is 6.81. The van der Waals surface area contributed by atoms with Crippen molar-refractivity contribution in [3.05, 3.63) is 29.8 Å². The zero-order valence-corrected chi connectivity index (χ0v) is 13.4. The second-order valence-electron chi connectivity index (χ2n) is 5.68. The molecule has 1 aromatic carbocycles. The number of rotatable bonds is 2. The van der Waals surface area contributed by atoms with E-state index in [1.165, 1.54) is 48.3 Å². The van der Waals surface area contributed by atoms with Gasteiger partial charge in [-0.3, -0.25) is 0 Å². The number of nitrogens with one attached hydrogen (secondary N) is 2. The molecular weight excluding hydrogens is 284 g/mol. The molecule has 2 aliphatic rings. The van der Waals surface area contributed by atoms with E-state index in [4.69, 9.17) is 12.2 Å². The molecule has 1 saturated carbocycles. The van der Waals surface area contributed by atoms with E-state index in [1.807, 2.05) is 11.8 Å². The summed E-state index contributed by atoms with van der Waals surface area (Å²) in [6, 6.07) is 9.63. The topological polar surface area (TPSA) is 24.1 Å². The standard InChI is InChI=1S/C16H22N2S2/c19-16(17-12-6-2-1-3-7-12)18-14-10-11-20-15-9-5-4-8-13(14)15/h4-5,8-9,12,14H,1-3,6-7,10-11H2,(H2,17,18,19). The molecule has 1 atom stereocenters. The van der Waals surface area contributed by atoms with Gasteiger partial charge >= 0.3 is 0 Å². The third kappa shape index (κ3) is 3.47. The number of hydrogen-bond acceptors (Lipinski definition) is 2. The number of thiocarbonyl (C=S) groups is 1. The minimum absolute atomic E-state index is 0.371. The molecule has 1 aliphatic heterocycles. The maximum Gasteiger partial charge on any atom is 0.166 e. The Bertz CT molecular complexity index is 469. The highest BCUT2D eigenvalue weighted by Gasteiger charge is 2.22. The van der Waals surface area contributed by atoms with Gasteiger partial charge in [-0.1, -0.05) is 37.5 Å². The fourth-order valence-electron chi connectivity index (χ4n) is 3.12. The highest BCUT2D eigenvalue weighted by molar-refractivity contribution is 7.99. The van der Waals surface area contributed by atoms with Crippen LogP contribution in [-0.2, 0) is 0 Å². The van der Waals surface area contributed by atoms with Crippen molar-refractivity contribution in [2.45, 2.75) is 55.5 Å². The molecule has 108 valence electrons. The van der Waals surface area contributed by atoms with Crippen LogP contribution in [-0.4, -0.2) is 16.9 Å². The molecule has 1 aliphatic carbocycles. The van der Waals surface area contributed by atoms with Gasteiger partial charge in [0.05, 0.1) is 6.04 Å². The molecule has 0 spiro atoms. The molecule has 0 aromatic heterocycles. The van der Waals surface area contributed by atoms with E-state index < -0.39 is 0 Å². The number of hydrogen-bond donors (Lipinski definition) is 2. The fourth-order valence-corrected chi connectivity index (χ4v) is 4.56. The largest absolute Gasteiger partial charge is 0.360 e. The van der Waals surface area contributed by atoms with Crippen LogP contribution in [0.1, 0.15) is 50.1 Å². The van der Waals surface area contributed by atoms with Crippen molar-refractivity contribution in [1.82, 2.24) is 10.6 Å². The summed E-state index contributed by atoms with van der Waals surface area (Å²) in [4.78, 5) is 1.40. The van der Waals surface area contributed by atoms with Gasteiger partial charge in [0.25, 0.3) is 0 Å². The van der Waals surface area contributed by atoms with Crippen LogP contribution in [0.5, 0.6) is 0 Å². The van der Waals surface area contributed by atoms with Gasteiger partial charge in [0, 0.05) is 16.7 Å². The SMILES string of the molecule is S=C(NC1CCCCC1)NC1CCSc2ccccc21. The van der Waals surface area contributed by atoms with E-state index in [0.29, 0.717) is 12.1 Å². The summed E-state index contributed by atoms with van der Waals surface area (Å²) in [5, 5.41) is 7.88. The second-order valence-corrected chi connectivity index (χ2v) is 7.23. The lowest BCUT2D eigenvalue weighted by Gasteiger charge is -2.29. The van der Waals surface area contributed by atoms with Crippen molar-refractivity contribution in [3.63, 3.8) is 0 Å². The van der Waals surface area contributed by atoms with Crippen molar-refractivity contribution in [1.29, 1.82) is 0 Å². The maximum absolute atomic E-state index is 5.52. The zero-order valence-electron chi connectivity index (χ0n) is 11.7. The highest BCUT2D eigenvalue weighted by Crippen LogP contribution is 2.35. The minimum Gasteiger partial charge on any atom is -0.360 e. The average Bonchev–Trinajstić information content (AvgIpc) is 2.48. The first kappa shape index (κ1) is 14.2. The Hall–Kier alpha value is -0.740. The molecule has 1 aromatic rings. The van der Waals surface area contributed by atoms with Gasteiger partial charge in [-0.15, -0.1) is 11.8 Å². The van der Waals surface area contributed by atoms with Crippen molar-refractivity contribution in [2.75, 3.05) is 5.75 Å². The van der Waals surface area contributed by atoms with E-state index in [0.717, 1.165) is 11.5 Å². The number of benzene rings is 1. The van der Waals surface area contributed by atoms with E-state index in [1.54, 1.807) is 0 Å². The minimum atomic E-state index is 0.371. The summed E-state index contributed by atoms with van der Waals surface area (Å²) >= 11 is 7.47. The highest BCUT2D eigenvalue weighted by atomic mass is 32.2. The van der Waals surface area contributed by atoms with Crippen LogP contribution in [0.4, 0.5) is 0 Å². The van der Waals surface area contributed by atoms with Crippen LogP contribution in [0, 0.1) is 0 Å². The van der Waals surface area contributed by atoms with Gasteiger partial charge < -0.3 is 10.6 Å². The van der Waals surface area contributed by atoms with Crippen LogP contribution < -0.4 is 10.6 Å². The fraction of sp³-hybridized carbons (Fsp3) is 0.562. The Balaban J connectivity index is 1.59. The Morgan fingerprint density at radius 2 is 1.85 bits per heavy atom. The third-order valence-electron chi connectivity index (χ3n) is 4.20. The first-order chi connectivity index (χ1) is 9.83. The first-order valence-corrected chi connectivity index (χ1v) is 9.01. The van der Waals surface area contributed by atoms with Crippen LogP contribution in [0.3, 0.4) is 0 Å². The molecule has 2 N–H and O–H groups in total. The molecule has 1 heterocycles. The third-order valence-corrected chi connectivity index (χ3v) is 5.56. The Labute approximate surface area is 131 Å². The molecule has 4 heteroatoms. The lowest BCUT2D eigenvalue weighted by molar-refractivity contribution is 0.410. The lowest BCUT2D eigenvalue weighted by Crippen LogP contribution is -2.44. The normalized spacial score (nSPS) is 22.9. The Morgan fingerprint density at radius 3 is 2.70 bits per heavy atom. The van der Waals surface area contributed by atoms with Crippen LogP contribution in [0.15, 0.2) is 29.2 Å². The maximum atomic E-state index is 5.52. The molecule has 2 nitrogen and oxygen atoms in total. The van der Waals surface area contributed by atoms with Crippen LogP contribution in [0.2, 0.25) is 0 Å². The molecule has 1 fully saturated rings. The molecule has 0 radical (unpaired) electrons. The number of thioether (sulfide) groups is 1. The van der Waals surface area contributed by atoms with Gasteiger partial charge in [0.15, 0.2) is 5.11 Å². The van der Waals surface area contributed by atoms with Crippen LogP contribution in [0.25, 0.3) is 0 Å². The van der Waals surface area contributed by atoms with E-state index in [2.05, 4.69) is 34.9 Å². The molecule has 20 heavy (non-hydrogen) atoms. The van der Waals surface area contributed by atoms with Crippen molar-refractivity contribution in [2.24, 2.45) is 0 Å². The van der Waals surface area contributed by atoms with E-state index in [9.17, 15) is 0 Å². The van der Waals surface area contributed by atoms with Crippen molar-refractivity contribution in [3.8, 4) is 0 Å². The van der Waals surface area contributed by atoms with Crippen molar-refractivity contribution >= 4 is 29.1 Å². The zero-order chi connectivity index (χ0) is 13.8. The molecular formula is C16H22N2S2. The Kier molecular flexibility index (Phi) is 4.84. The summed E-state index contributed by atoms with van der Waals surface area (Å²) in [7, 11) is 0. The summed E-state index contributed by atoms with van der Waals surface area (Å²) in [5.74, 6) is 1.17. The number of fused-ring (bicyclic) bond motifs is 1. The van der Waals surface area contributed by atoms with E-state index in [-0.39, 0.29) is 0 Å². The van der Waals surface area contributed by atoms with Crippen LogP contribution >= 0.6 is 24.0 Å². The summed E-state index contributed by atoms with van der Waals surface area (Å²) in [6.45, 7) is 0. The summed E-state index contributed by atoms with van der Waals surface area (Å²) in [6.07, 6.45) is 7.73. The monoisotopic (exact) mass is 306 g/mol. The van der Waals surface area contributed by atoms with Gasteiger partial charge in [-0.25, -0.2) is 0 Å². The van der Waals surface area contributed by atoms with Gasteiger partial charge in [-0.05, 0) is 43.1 Å². The Morgan fingerprint density at radius 1 is 1.05 bits per heavy atom. The quantitative estimate of drug-likeness (QED) is 0.806. The first-order valence-electron chi connectivity index (χ1n) is 7.62. The predicted octanol–water partition coefficient (Wildman–Crippen LogP) is 4.02. The molecule has 1 unspecified atom stereocenters. The lowest BCUT2D eigenvalue weighted by atomic mass is 9.96. The van der Waals surface area contributed by atoms with Crippen molar-refractivity contribution < 1.29 is 0 Å². The molecule has 0 saturated heterocycles. The van der Waals surface area contributed by atoms with E-state index >= 15 is 0 Å². The smallest absolute Gasteiger partial charge is 0.166 e. The molecule has 3 rings (SSSR count). The molecule has 0 amide bonds. The summed E-state index contributed by atoms with van der Waals surface area (Å²) < 4.78 is 0. The molecule has 0 bridgehead atoms. The average molecular weight is 306 g/mol. The van der Waals surface area contributed by atoms with Gasteiger partial charge in [0.2, 0.25) is 0 Å². The van der Waals surface area contributed by atoms with Gasteiger partial charge in [0.1, 0.15) is 0 Å². The summed E-state index contributed by atoms with van der Waals surface area (Å²) in [5.41, 5.74) is 1.40.